The summed E-state index contributed by atoms with van der Waals surface area (Å²) in [5.74, 6) is -4.00. The standard InChI is InChI=1S/C17H20N6O2.C2HF3O2/c1-2-3-13(17(24)25)14(16-20-22-23-21-16)7-10-4-5-15-11(6-10)8-12(18)9-19-15;3-2(4,5)1(6)7/h4-6,8-9,13-14H,2-3,7,18H2,1H3,(H,24,25)(H,20,21,22,23);(H,6,7)/t13-,14-;/m0./s1. The van der Waals surface area contributed by atoms with E-state index < -0.39 is 24.0 Å². The van der Waals surface area contributed by atoms with Crippen molar-refractivity contribution in [2.75, 3.05) is 5.73 Å². The van der Waals surface area contributed by atoms with Crippen LogP contribution in [-0.4, -0.2) is 53.9 Å². The number of fused-ring (bicyclic) bond motifs is 1. The fourth-order valence-corrected chi connectivity index (χ4v) is 3.14. The van der Waals surface area contributed by atoms with E-state index in [0.717, 1.165) is 22.9 Å². The van der Waals surface area contributed by atoms with Gasteiger partial charge in [-0.3, -0.25) is 9.78 Å². The molecule has 0 aliphatic rings. The number of hydrogen-bond donors (Lipinski definition) is 4. The molecular weight excluding hydrogens is 433 g/mol. The molecule has 3 rings (SSSR count). The van der Waals surface area contributed by atoms with E-state index in [9.17, 15) is 23.1 Å². The van der Waals surface area contributed by atoms with Crippen LogP contribution < -0.4 is 5.73 Å². The van der Waals surface area contributed by atoms with Gasteiger partial charge >= 0.3 is 18.1 Å². The van der Waals surface area contributed by atoms with Gasteiger partial charge in [-0.15, -0.1) is 5.10 Å². The second kappa shape index (κ2) is 10.5. The van der Waals surface area contributed by atoms with Gasteiger partial charge in [0.05, 0.1) is 23.3 Å². The number of aromatic amines is 1. The molecule has 2 atom stereocenters. The maximum Gasteiger partial charge on any atom is 0.490 e. The molecule has 0 spiro atoms. The molecule has 0 fully saturated rings. The van der Waals surface area contributed by atoms with Gasteiger partial charge in [0.15, 0.2) is 5.82 Å². The molecule has 32 heavy (non-hydrogen) atoms. The summed E-state index contributed by atoms with van der Waals surface area (Å²) in [7, 11) is 0. The van der Waals surface area contributed by atoms with Crippen LogP contribution in [0.2, 0.25) is 0 Å². The lowest BCUT2D eigenvalue weighted by Crippen LogP contribution is -2.25. The Morgan fingerprint density at radius 1 is 1.22 bits per heavy atom. The monoisotopic (exact) mass is 454 g/mol. The number of carboxylic acid groups (broad SMARTS) is 2. The third-order valence-corrected chi connectivity index (χ3v) is 4.58. The topological polar surface area (TPSA) is 168 Å². The van der Waals surface area contributed by atoms with E-state index in [1.54, 1.807) is 6.20 Å². The van der Waals surface area contributed by atoms with Crippen LogP contribution >= 0.6 is 0 Å². The van der Waals surface area contributed by atoms with Gasteiger partial charge in [0.2, 0.25) is 0 Å². The summed E-state index contributed by atoms with van der Waals surface area (Å²) in [5, 5.41) is 31.6. The van der Waals surface area contributed by atoms with E-state index in [1.165, 1.54) is 0 Å². The maximum absolute atomic E-state index is 11.8. The van der Waals surface area contributed by atoms with Crippen LogP contribution in [-0.2, 0) is 16.0 Å². The number of tetrazole rings is 1. The summed E-state index contributed by atoms with van der Waals surface area (Å²) in [6.07, 6.45) is -1.62. The number of nitrogens with one attached hydrogen (secondary N) is 1. The number of nitrogen functional groups attached to an aromatic ring is 1. The Labute approximate surface area is 179 Å². The maximum atomic E-state index is 11.8. The zero-order valence-electron chi connectivity index (χ0n) is 16.9. The van der Waals surface area contributed by atoms with Gasteiger partial charge in [-0.05, 0) is 47.0 Å². The number of H-pyrrole nitrogens is 1. The summed E-state index contributed by atoms with van der Waals surface area (Å²) < 4.78 is 31.7. The van der Waals surface area contributed by atoms with Crippen LogP contribution in [0.4, 0.5) is 18.9 Å². The quantitative estimate of drug-likeness (QED) is 0.419. The third kappa shape index (κ3) is 6.62. The second-order valence-electron chi connectivity index (χ2n) is 6.93. The number of benzene rings is 1. The average Bonchev–Trinajstić information content (AvgIpc) is 3.24. The minimum atomic E-state index is -5.08. The highest BCUT2D eigenvalue weighted by Crippen LogP contribution is 2.30. The minimum Gasteiger partial charge on any atom is -0.481 e. The molecule has 13 heteroatoms. The van der Waals surface area contributed by atoms with Crippen LogP contribution in [0.25, 0.3) is 10.9 Å². The largest absolute Gasteiger partial charge is 0.490 e. The van der Waals surface area contributed by atoms with Gasteiger partial charge in [-0.25, -0.2) is 9.89 Å². The number of rotatable bonds is 7. The smallest absolute Gasteiger partial charge is 0.481 e. The lowest BCUT2D eigenvalue weighted by molar-refractivity contribution is -0.192. The zero-order chi connectivity index (χ0) is 23.9. The van der Waals surface area contributed by atoms with Gasteiger partial charge < -0.3 is 15.9 Å². The van der Waals surface area contributed by atoms with Crippen molar-refractivity contribution < 1.29 is 33.0 Å². The average molecular weight is 454 g/mol. The van der Waals surface area contributed by atoms with Crippen LogP contribution in [0, 0.1) is 5.92 Å². The number of aliphatic carboxylic acids is 2. The Balaban J connectivity index is 0.000000451. The highest BCUT2D eigenvalue weighted by molar-refractivity contribution is 5.82. The number of aromatic nitrogens is 5. The molecule has 0 amide bonds. The van der Waals surface area contributed by atoms with Crippen LogP contribution in [0.15, 0.2) is 30.5 Å². The third-order valence-electron chi connectivity index (χ3n) is 4.58. The summed E-state index contributed by atoms with van der Waals surface area (Å²) in [4.78, 5) is 24.9. The highest BCUT2D eigenvalue weighted by Gasteiger charge is 2.38. The molecule has 0 bridgehead atoms. The molecule has 5 N–H and O–H groups in total. The number of hydrogen-bond acceptors (Lipinski definition) is 7. The molecule has 172 valence electrons. The van der Waals surface area contributed by atoms with Crippen LogP contribution in [0.5, 0.6) is 0 Å². The van der Waals surface area contributed by atoms with Crippen molar-refractivity contribution in [1.29, 1.82) is 0 Å². The molecule has 2 heterocycles. The minimum absolute atomic E-state index is 0.334. The summed E-state index contributed by atoms with van der Waals surface area (Å²) in [5.41, 5.74) is 8.24. The van der Waals surface area contributed by atoms with Crippen molar-refractivity contribution in [1.82, 2.24) is 25.6 Å². The SMILES string of the molecule is CCC[C@H](C(=O)O)[C@H](Cc1ccc2ncc(N)cc2c1)c1nnn[nH]1.O=C(O)C(F)(F)F. The molecule has 0 aliphatic carbocycles. The Kier molecular flexibility index (Phi) is 8.04. The Morgan fingerprint density at radius 2 is 1.91 bits per heavy atom. The first kappa shape index (κ1) is 24.5. The predicted molar refractivity (Wildman–Crippen MR) is 107 cm³/mol. The van der Waals surface area contributed by atoms with Crippen molar-refractivity contribution in [2.24, 2.45) is 5.92 Å². The van der Waals surface area contributed by atoms with E-state index in [2.05, 4.69) is 25.6 Å². The lowest BCUT2D eigenvalue weighted by atomic mass is 9.83. The van der Waals surface area contributed by atoms with Crippen molar-refractivity contribution >= 4 is 28.5 Å². The first-order valence-electron chi connectivity index (χ1n) is 9.43. The zero-order valence-corrected chi connectivity index (χ0v) is 16.9. The molecule has 2 aromatic heterocycles. The van der Waals surface area contributed by atoms with Gasteiger partial charge in [0.25, 0.3) is 0 Å². The van der Waals surface area contributed by atoms with Crippen molar-refractivity contribution in [3.8, 4) is 0 Å². The van der Waals surface area contributed by atoms with Crippen molar-refractivity contribution in [3.63, 3.8) is 0 Å². The fraction of sp³-hybridized carbons (Fsp3) is 0.368. The summed E-state index contributed by atoms with van der Waals surface area (Å²) >= 11 is 0. The molecule has 0 saturated carbocycles. The van der Waals surface area contributed by atoms with Crippen molar-refractivity contribution in [3.05, 3.63) is 41.9 Å². The molecule has 0 saturated heterocycles. The van der Waals surface area contributed by atoms with Gasteiger partial charge in [-0.2, -0.15) is 13.2 Å². The number of carboxylic acids is 2. The Morgan fingerprint density at radius 3 is 2.44 bits per heavy atom. The highest BCUT2D eigenvalue weighted by atomic mass is 19.4. The number of pyridine rings is 1. The van der Waals surface area contributed by atoms with Gasteiger partial charge in [0.1, 0.15) is 0 Å². The van der Waals surface area contributed by atoms with Gasteiger partial charge in [0, 0.05) is 11.3 Å². The van der Waals surface area contributed by atoms with Crippen LogP contribution in [0.3, 0.4) is 0 Å². The molecule has 1 aromatic carbocycles. The van der Waals surface area contributed by atoms with Crippen LogP contribution in [0.1, 0.15) is 37.1 Å². The second-order valence-corrected chi connectivity index (χ2v) is 6.93. The summed E-state index contributed by atoms with van der Waals surface area (Å²) in [6.45, 7) is 1.97. The molecule has 0 unspecified atom stereocenters. The number of alkyl halides is 3. The van der Waals surface area contributed by atoms with E-state index in [4.69, 9.17) is 15.6 Å². The van der Waals surface area contributed by atoms with Gasteiger partial charge in [-0.1, -0.05) is 19.4 Å². The molecule has 0 radical (unpaired) electrons. The van der Waals surface area contributed by atoms with Crippen molar-refractivity contribution in [2.45, 2.75) is 38.3 Å². The number of carbonyl (C=O) groups is 2. The summed E-state index contributed by atoms with van der Waals surface area (Å²) in [6, 6.07) is 7.71. The van der Waals surface area contributed by atoms with E-state index in [1.807, 2.05) is 31.2 Å². The normalized spacial score (nSPS) is 13.1. The Hall–Kier alpha value is -3.77. The molecule has 3 aromatic rings. The fourth-order valence-electron chi connectivity index (χ4n) is 3.14. The number of anilines is 1. The first-order chi connectivity index (χ1) is 15.0. The van der Waals surface area contributed by atoms with E-state index in [-0.39, 0.29) is 5.92 Å². The predicted octanol–water partition coefficient (Wildman–Crippen LogP) is 2.79. The number of nitrogens with zero attached hydrogens (tertiary/aromatic N) is 4. The molecule has 10 nitrogen and oxygen atoms in total. The first-order valence-corrected chi connectivity index (χ1v) is 9.43. The van der Waals surface area contributed by atoms with E-state index >= 15 is 0 Å². The molecule has 0 aliphatic heterocycles. The Bertz CT molecular complexity index is 1060. The number of nitrogens with two attached hydrogens (primary N) is 1. The lowest BCUT2D eigenvalue weighted by Gasteiger charge is -2.21. The molecular formula is C19H21F3N6O4. The number of halogens is 3. The van der Waals surface area contributed by atoms with E-state index in [0.29, 0.717) is 24.4 Å².